The van der Waals surface area contributed by atoms with Crippen molar-refractivity contribution in [3.63, 3.8) is 0 Å². The minimum atomic E-state index is -0.361. The Morgan fingerprint density at radius 3 is 2.68 bits per heavy atom. The molecule has 0 amide bonds. The van der Waals surface area contributed by atoms with E-state index in [4.69, 9.17) is 0 Å². The molecular formula is C22H32O3. The fraction of sp³-hybridized carbons (Fsp3) is 0.818. The molecule has 138 valence electrons. The van der Waals surface area contributed by atoms with Gasteiger partial charge in [0.2, 0.25) is 0 Å². The van der Waals surface area contributed by atoms with Gasteiger partial charge in [-0.05, 0) is 79.6 Å². The zero-order valence-electron chi connectivity index (χ0n) is 16.0. The third kappa shape index (κ3) is 2.27. The van der Waals surface area contributed by atoms with Gasteiger partial charge in [-0.25, -0.2) is 0 Å². The zero-order chi connectivity index (χ0) is 18.1. The van der Waals surface area contributed by atoms with Crippen molar-refractivity contribution in [1.29, 1.82) is 0 Å². The van der Waals surface area contributed by atoms with Crippen LogP contribution < -0.4 is 0 Å². The average molecular weight is 344 g/mol. The molecule has 3 fully saturated rings. The molecule has 4 aliphatic rings. The van der Waals surface area contributed by atoms with Crippen molar-refractivity contribution in [3.05, 3.63) is 11.6 Å². The second-order valence-corrected chi connectivity index (χ2v) is 9.93. The number of hydrogen-bond donors (Lipinski definition) is 1. The second kappa shape index (κ2) is 5.52. The highest BCUT2D eigenvalue weighted by molar-refractivity contribution is 5.91. The molecule has 25 heavy (non-hydrogen) atoms. The Hall–Kier alpha value is -0.960. The SMILES string of the molecule is CC(=O)[C@H]1CC[C@H]2[C@@H]3C[C@H](C)C4=CC(=O)CC[C@]4(C)C3[C@@H](O)C[C@]12C. The van der Waals surface area contributed by atoms with E-state index in [1.807, 2.05) is 6.08 Å². The Morgan fingerprint density at radius 1 is 1.28 bits per heavy atom. The summed E-state index contributed by atoms with van der Waals surface area (Å²) in [6.45, 7) is 8.55. The van der Waals surface area contributed by atoms with E-state index in [1.165, 1.54) is 5.57 Å². The number of aliphatic hydroxyl groups excluding tert-OH is 1. The maximum atomic E-state index is 12.2. The Bertz CT molecular complexity index is 650. The maximum Gasteiger partial charge on any atom is 0.155 e. The van der Waals surface area contributed by atoms with Gasteiger partial charge in [-0.15, -0.1) is 0 Å². The molecule has 4 rings (SSSR count). The van der Waals surface area contributed by atoms with Crippen LogP contribution in [0.4, 0.5) is 0 Å². The van der Waals surface area contributed by atoms with Gasteiger partial charge in [0.1, 0.15) is 5.78 Å². The summed E-state index contributed by atoms with van der Waals surface area (Å²) in [6.07, 6.45) is 6.93. The average Bonchev–Trinajstić information content (AvgIpc) is 2.85. The number of Topliss-reactive ketones (excluding diaryl/α,β-unsaturated/α-hetero) is 1. The molecule has 3 nitrogen and oxygen atoms in total. The van der Waals surface area contributed by atoms with Crippen LogP contribution in [-0.4, -0.2) is 22.8 Å². The monoisotopic (exact) mass is 344 g/mol. The van der Waals surface area contributed by atoms with Gasteiger partial charge in [0.05, 0.1) is 6.10 Å². The molecule has 0 aromatic rings. The smallest absolute Gasteiger partial charge is 0.155 e. The lowest BCUT2D eigenvalue weighted by atomic mass is 9.44. The lowest BCUT2D eigenvalue weighted by Gasteiger charge is -2.61. The predicted octanol–water partition coefficient (Wildman–Crippen LogP) is 3.94. The molecule has 0 aromatic carbocycles. The Balaban J connectivity index is 1.76. The third-order valence-corrected chi connectivity index (χ3v) is 8.70. The van der Waals surface area contributed by atoms with Crippen LogP contribution in [0.15, 0.2) is 11.6 Å². The molecule has 8 atom stereocenters. The van der Waals surface area contributed by atoms with E-state index in [1.54, 1.807) is 6.92 Å². The van der Waals surface area contributed by atoms with Crippen LogP contribution >= 0.6 is 0 Å². The highest BCUT2D eigenvalue weighted by atomic mass is 16.3. The molecular weight excluding hydrogens is 312 g/mol. The van der Waals surface area contributed by atoms with Gasteiger partial charge in [-0.1, -0.05) is 26.3 Å². The Morgan fingerprint density at radius 2 is 2.00 bits per heavy atom. The van der Waals surface area contributed by atoms with Crippen molar-refractivity contribution in [2.75, 3.05) is 0 Å². The third-order valence-electron chi connectivity index (χ3n) is 8.70. The van der Waals surface area contributed by atoms with E-state index >= 15 is 0 Å². The zero-order valence-corrected chi connectivity index (χ0v) is 16.0. The van der Waals surface area contributed by atoms with E-state index in [0.29, 0.717) is 30.0 Å². The first-order valence-electron chi connectivity index (χ1n) is 10.1. The van der Waals surface area contributed by atoms with E-state index in [9.17, 15) is 14.7 Å². The quantitative estimate of drug-likeness (QED) is 0.784. The summed E-state index contributed by atoms with van der Waals surface area (Å²) in [4.78, 5) is 24.3. The van der Waals surface area contributed by atoms with Gasteiger partial charge in [-0.3, -0.25) is 9.59 Å². The van der Waals surface area contributed by atoms with Crippen molar-refractivity contribution in [1.82, 2.24) is 0 Å². The number of carbonyl (C=O) groups is 2. The summed E-state index contributed by atoms with van der Waals surface area (Å²) >= 11 is 0. The molecule has 1 unspecified atom stereocenters. The van der Waals surface area contributed by atoms with Gasteiger partial charge >= 0.3 is 0 Å². The van der Waals surface area contributed by atoms with Crippen molar-refractivity contribution >= 4 is 11.6 Å². The molecule has 3 heteroatoms. The van der Waals surface area contributed by atoms with Gasteiger partial charge in [0.25, 0.3) is 0 Å². The molecule has 0 saturated heterocycles. The Kier molecular flexibility index (Phi) is 3.85. The highest BCUT2D eigenvalue weighted by Crippen LogP contribution is 2.67. The molecule has 1 N–H and O–H groups in total. The first kappa shape index (κ1) is 17.5. The maximum absolute atomic E-state index is 12.2. The standard InChI is InChI=1S/C22H32O3/c1-12-9-15-17-6-5-16(13(2)23)22(17,4)11-19(25)20(15)21(3)8-7-14(24)10-18(12)21/h10,12,15-17,19-20,25H,5-9,11H2,1-4H3/t12-,15-,16+,17-,19-,20?,21-,22+/m0/s1. The van der Waals surface area contributed by atoms with Crippen LogP contribution in [0.25, 0.3) is 0 Å². The molecule has 0 spiro atoms. The van der Waals surface area contributed by atoms with Crippen molar-refractivity contribution in [2.45, 2.75) is 72.3 Å². The molecule has 4 aliphatic carbocycles. The molecule has 0 radical (unpaired) electrons. The molecule has 0 heterocycles. The fourth-order valence-corrected chi connectivity index (χ4v) is 7.79. The van der Waals surface area contributed by atoms with E-state index < -0.39 is 0 Å². The molecule has 0 aliphatic heterocycles. The van der Waals surface area contributed by atoms with Crippen LogP contribution in [0.2, 0.25) is 0 Å². The lowest BCUT2D eigenvalue weighted by Crippen LogP contribution is -2.58. The fourth-order valence-electron chi connectivity index (χ4n) is 7.79. The van der Waals surface area contributed by atoms with Gasteiger partial charge in [0, 0.05) is 12.3 Å². The first-order valence-corrected chi connectivity index (χ1v) is 10.1. The van der Waals surface area contributed by atoms with Crippen LogP contribution in [0.5, 0.6) is 0 Å². The van der Waals surface area contributed by atoms with Crippen LogP contribution in [0.3, 0.4) is 0 Å². The van der Waals surface area contributed by atoms with Crippen molar-refractivity contribution in [2.24, 2.45) is 40.4 Å². The number of aliphatic hydroxyl groups is 1. The van der Waals surface area contributed by atoms with Crippen molar-refractivity contribution in [3.8, 4) is 0 Å². The Labute approximate surface area is 151 Å². The lowest BCUT2D eigenvalue weighted by molar-refractivity contribution is -0.147. The normalized spacial score (nSPS) is 52.0. The van der Waals surface area contributed by atoms with Gasteiger partial charge < -0.3 is 5.11 Å². The molecule has 0 aromatic heterocycles. The number of fused-ring (bicyclic) bond motifs is 5. The topological polar surface area (TPSA) is 54.4 Å². The summed E-state index contributed by atoms with van der Waals surface area (Å²) in [5.74, 6) is 2.33. The van der Waals surface area contributed by atoms with Crippen molar-refractivity contribution < 1.29 is 14.7 Å². The number of allylic oxidation sites excluding steroid dienone is 1. The molecule has 3 saturated carbocycles. The van der Waals surface area contributed by atoms with Crippen LogP contribution in [0.1, 0.15) is 66.2 Å². The predicted molar refractivity (Wildman–Crippen MR) is 96.8 cm³/mol. The first-order chi connectivity index (χ1) is 11.7. The minimum absolute atomic E-state index is 0.0474. The van der Waals surface area contributed by atoms with Crippen LogP contribution in [-0.2, 0) is 9.59 Å². The second-order valence-electron chi connectivity index (χ2n) is 9.93. The number of carbonyl (C=O) groups excluding carboxylic acids is 2. The minimum Gasteiger partial charge on any atom is -0.393 e. The largest absolute Gasteiger partial charge is 0.393 e. The summed E-state index contributed by atoms with van der Waals surface area (Å²) in [7, 11) is 0. The van der Waals surface area contributed by atoms with Crippen LogP contribution in [0, 0.1) is 40.4 Å². The number of ketones is 2. The summed E-state index contributed by atoms with van der Waals surface area (Å²) < 4.78 is 0. The summed E-state index contributed by atoms with van der Waals surface area (Å²) in [5.41, 5.74) is 1.19. The number of hydrogen-bond acceptors (Lipinski definition) is 3. The highest BCUT2D eigenvalue weighted by Gasteiger charge is 2.63. The van der Waals surface area contributed by atoms with E-state index in [2.05, 4.69) is 20.8 Å². The summed E-state index contributed by atoms with van der Waals surface area (Å²) in [5, 5.41) is 11.2. The van der Waals surface area contributed by atoms with E-state index in [0.717, 1.165) is 32.1 Å². The van der Waals surface area contributed by atoms with Gasteiger partial charge in [0.15, 0.2) is 5.78 Å². The summed E-state index contributed by atoms with van der Waals surface area (Å²) in [6, 6.07) is 0. The van der Waals surface area contributed by atoms with Gasteiger partial charge in [-0.2, -0.15) is 0 Å². The number of rotatable bonds is 1. The molecule has 0 bridgehead atoms. The van der Waals surface area contributed by atoms with E-state index in [-0.39, 0.29) is 34.6 Å².